The van der Waals surface area contributed by atoms with Crippen LogP contribution in [-0.2, 0) is 0 Å². The van der Waals surface area contributed by atoms with E-state index in [1.54, 1.807) is 0 Å². The monoisotopic (exact) mass is 283 g/mol. The number of para-hydroxylation sites is 1. The maximum atomic E-state index is 6.07. The molecule has 0 atom stereocenters. The Morgan fingerprint density at radius 2 is 1.62 bits per heavy atom. The van der Waals surface area contributed by atoms with E-state index in [-0.39, 0.29) is 0 Å². The summed E-state index contributed by atoms with van der Waals surface area (Å²) >= 11 is 0. The molecule has 0 amide bonds. The van der Waals surface area contributed by atoms with Gasteiger partial charge in [0.25, 0.3) is 0 Å². The van der Waals surface area contributed by atoms with Crippen LogP contribution in [0.25, 0.3) is 0 Å². The minimum absolute atomic E-state index is 0.470. The number of guanidine groups is 1. The SMILES string of the molecule is NC(=NCC12CC3CC(CC(C3)C1)C2)Nc1ccccc1. The van der Waals surface area contributed by atoms with Gasteiger partial charge < -0.3 is 11.1 Å². The van der Waals surface area contributed by atoms with Gasteiger partial charge in [-0.2, -0.15) is 0 Å². The highest BCUT2D eigenvalue weighted by molar-refractivity contribution is 5.92. The maximum Gasteiger partial charge on any atom is 0.193 e. The van der Waals surface area contributed by atoms with Crippen LogP contribution in [0.3, 0.4) is 0 Å². The Balaban J connectivity index is 1.43. The highest BCUT2D eigenvalue weighted by atomic mass is 15.1. The number of aliphatic imine (C=N–C) groups is 1. The molecule has 21 heavy (non-hydrogen) atoms. The molecule has 0 aromatic heterocycles. The van der Waals surface area contributed by atoms with E-state index in [0.29, 0.717) is 11.4 Å². The van der Waals surface area contributed by atoms with E-state index < -0.39 is 0 Å². The Morgan fingerprint density at radius 3 is 2.19 bits per heavy atom. The predicted molar refractivity (Wildman–Crippen MR) is 87.2 cm³/mol. The van der Waals surface area contributed by atoms with E-state index in [0.717, 1.165) is 30.0 Å². The molecule has 0 spiro atoms. The third kappa shape index (κ3) is 2.66. The lowest BCUT2D eigenvalue weighted by atomic mass is 9.49. The molecular formula is C18H25N3. The number of nitrogens with one attached hydrogen (secondary N) is 1. The number of anilines is 1. The fraction of sp³-hybridized carbons (Fsp3) is 0.611. The Kier molecular flexibility index (Phi) is 3.16. The van der Waals surface area contributed by atoms with Crippen LogP contribution in [0.1, 0.15) is 38.5 Å². The average molecular weight is 283 g/mol. The van der Waals surface area contributed by atoms with Crippen LogP contribution in [0, 0.1) is 23.2 Å². The van der Waals surface area contributed by atoms with Crippen molar-refractivity contribution in [3.8, 4) is 0 Å². The zero-order valence-corrected chi connectivity index (χ0v) is 12.6. The molecule has 0 aliphatic heterocycles. The summed E-state index contributed by atoms with van der Waals surface area (Å²) in [6.07, 6.45) is 8.63. The number of hydrogen-bond donors (Lipinski definition) is 2. The van der Waals surface area contributed by atoms with Crippen molar-refractivity contribution in [2.45, 2.75) is 38.5 Å². The summed E-state index contributed by atoms with van der Waals surface area (Å²) in [5.74, 6) is 3.51. The first kappa shape index (κ1) is 13.2. The second-order valence-corrected chi connectivity index (χ2v) is 7.61. The second-order valence-electron chi connectivity index (χ2n) is 7.61. The molecule has 3 nitrogen and oxygen atoms in total. The molecule has 0 saturated heterocycles. The van der Waals surface area contributed by atoms with Crippen molar-refractivity contribution in [1.29, 1.82) is 0 Å². The zero-order valence-electron chi connectivity index (χ0n) is 12.6. The summed E-state index contributed by atoms with van der Waals surface area (Å²) in [7, 11) is 0. The van der Waals surface area contributed by atoms with Gasteiger partial charge in [-0.1, -0.05) is 18.2 Å². The van der Waals surface area contributed by atoms with Gasteiger partial charge in [0.2, 0.25) is 0 Å². The largest absolute Gasteiger partial charge is 0.370 e. The van der Waals surface area contributed by atoms with E-state index in [1.165, 1.54) is 38.5 Å². The van der Waals surface area contributed by atoms with Gasteiger partial charge in [0.1, 0.15) is 0 Å². The molecule has 3 N–H and O–H groups in total. The lowest BCUT2D eigenvalue weighted by molar-refractivity contribution is -0.0465. The number of hydrogen-bond acceptors (Lipinski definition) is 1. The van der Waals surface area contributed by atoms with Crippen molar-refractivity contribution in [1.82, 2.24) is 0 Å². The molecule has 0 heterocycles. The Hall–Kier alpha value is -1.51. The fourth-order valence-electron chi connectivity index (χ4n) is 5.45. The molecule has 1 aromatic carbocycles. The molecule has 0 unspecified atom stereocenters. The fourth-order valence-corrected chi connectivity index (χ4v) is 5.45. The van der Waals surface area contributed by atoms with Crippen LogP contribution < -0.4 is 11.1 Å². The molecule has 4 fully saturated rings. The van der Waals surface area contributed by atoms with Crippen LogP contribution in [0.4, 0.5) is 5.69 Å². The number of nitrogens with zero attached hydrogens (tertiary/aromatic N) is 1. The second kappa shape index (κ2) is 5.04. The first-order valence-corrected chi connectivity index (χ1v) is 8.33. The van der Waals surface area contributed by atoms with Gasteiger partial charge in [0.15, 0.2) is 5.96 Å². The van der Waals surface area contributed by atoms with Crippen LogP contribution in [0.2, 0.25) is 0 Å². The van der Waals surface area contributed by atoms with Crippen LogP contribution in [0.5, 0.6) is 0 Å². The van der Waals surface area contributed by atoms with Crippen LogP contribution in [-0.4, -0.2) is 12.5 Å². The normalized spacial score (nSPS) is 37.7. The molecule has 0 radical (unpaired) electrons. The molecule has 4 saturated carbocycles. The molecule has 5 rings (SSSR count). The Bertz CT molecular complexity index is 499. The molecular weight excluding hydrogens is 258 g/mol. The summed E-state index contributed by atoms with van der Waals surface area (Å²) in [5.41, 5.74) is 7.56. The topological polar surface area (TPSA) is 50.4 Å². The summed E-state index contributed by atoms with van der Waals surface area (Å²) in [6, 6.07) is 10.1. The van der Waals surface area contributed by atoms with Gasteiger partial charge in [-0.25, -0.2) is 0 Å². The van der Waals surface area contributed by atoms with E-state index >= 15 is 0 Å². The maximum absolute atomic E-state index is 6.07. The summed E-state index contributed by atoms with van der Waals surface area (Å²) in [5, 5.41) is 3.20. The van der Waals surface area contributed by atoms with Gasteiger partial charge in [-0.05, 0) is 73.8 Å². The predicted octanol–water partition coefficient (Wildman–Crippen LogP) is 3.63. The lowest BCUT2D eigenvalue weighted by Crippen LogP contribution is -2.47. The van der Waals surface area contributed by atoms with Crippen LogP contribution in [0.15, 0.2) is 35.3 Å². The van der Waals surface area contributed by atoms with Gasteiger partial charge >= 0.3 is 0 Å². The first-order valence-electron chi connectivity index (χ1n) is 8.33. The first-order chi connectivity index (χ1) is 10.2. The van der Waals surface area contributed by atoms with E-state index in [4.69, 9.17) is 10.7 Å². The van der Waals surface area contributed by atoms with Gasteiger partial charge in [-0.15, -0.1) is 0 Å². The zero-order chi connectivity index (χ0) is 14.3. The third-order valence-electron chi connectivity index (χ3n) is 5.80. The van der Waals surface area contributed by atoms with Crippen LogP contribution >= 0.6 is 0 Å². The molecule has 1 aromatic rings. The number of rotatable bonds is 3. The summed E-state index contributed by atoms with van der Waals surface area (Å²) in [6.45, 7) is 0.919. The minimum atomic E-state index is 0.470. The Labute approximate surface area is 127 Å². The van der Waals surface area contributed by atoms with Crippen molar-refractivity contribution in [2.24, 2.45) is 33.9 Å². The lowest BCUT2D eigenvalue weighted by Gasteiger charge is -2.56. The van der Waals surface area contributed by atoms with Crippen molar-refractivity contribution < 1.29 is 0 Å². The molecule has 3 heteroatoms. The van der Waals surface area contributed by atoms with E-state index in [2.05, 4.69) is 5.32 Å². The third-order valence-corrected chi connectivity index (χ3v) is 5.80. The molecule has 4 bridgehead atoms. The highest BCUT2D eigenvalue weighted by Crippen LogP contribution is 2.60. The van der Waals surface area contributed by atoms with Gasteiger partial charge in [0.05, 0.1) is 0 Å². The van der Waals surface area contributed by atoms with Crippen molar-refractivity contribution in [2.75, 3.05) is 11.9 Å². The van der Waals surface area contributed by atoms with Crippen molar-refractivity contribution in [3.05, 3.63) is 30.3 Å². The number of benzene rings is 1. The molecule has 4 aliphatic rings. The number of nitrogens with two attached hydrogens (primary N) is 1. The van der Waals surface area contributed by atoms with Gasteiger partial charge in [0, 0.05) is 12.2 Å². The average Bonchev–Trinajstić information content (AvgIpc) is 2.45. The minimum Gasteiger partial charge on any atom is -0.370 e. The van der Waals surface area contributed by atoms with Gasteiger partial charge in [-0.3, -0.25) is 4.99 Å². The summed E-state index contributed by atoms with van der Waals surface area (Å²) in [4.78, 5) is 4.69. The Morgan fingerprint density at radius 1 is 1.05 bits per heavy atom. The molecule has 4 aliphatic carbocycles. The van der Waals surface area contributed by atoms with E-state index in [9.17, 15) is 0 Å². The summed E-state index contributed by atoms with van der Waals surface area (Å²) < 4.78 is 0. The molecule has 112 valence electrons. The van der Waals surface area contributed by atoms with Crippen molar-refractivity contribution >= 4 is 11.6 Å². The van der Waals surface area contributed by atoms with E-state index in [1.807, 2.05) is 30.3 Å². The van der Waals surface area contributed by atoms with Crippen molar-refractivity contribution in [3.63, 3.8) is 0 Å². The quantitative estimate of drug-likeness (QED) is 0.657. The highest BCUT2D eigenvalue weighted by Gasteiger charge is 2.50. The standard InChI is InChI=1S/C18H25N3/c19-17(21-16-4-2-1-3-5-16)20-12-18-9-13-6-14(10-18)8-15(7-13)11-18/h1-5,13-15H,6-12H2,(H3,19,20,21). The smallest absolute Gasteiger partial charge is 0.193 e.